The van der Waals surface area contributed by atoms with Gasteiger partial charge in [-0.1, -0.05) is 55.2 Å². The quantitative estimate of drug-likeness (QED) is 0.0823. The minimum absolute atomic E-state index is 0. The summed E-state index contributed by atoms with van der Waals surface area (Å²) in [5.41, 5.74) is 4.42. The maximum atomic E-state index is 12.8. The van der Waals surface area contributed by atoms with Crippen LogP contribution in [0.5, 0.6) is 23.0 Å². The molecule has 12 heteroatoms. The summed E-state index contributed by atoms with van der Waals surface area (Å²) >= 11 is 6.94. The van der Waals surface area contributed by atoms with Crippen molar-refractivity contribution in [2.45, 2.75) is 58.3 Å². The number of halogens is 3. The number of ketones is 1. The van der Waals surface area contributed by atoms with E-state index in [2.05, 4.69) is 57.9 Å². The molecule has 0 aromatic heterocycles. The molecule has 0 saturated carbocycles. The number of hydrogen-bond acceptors (Lipinski definition) is 7. The minimum atomic E-state index is -0.220. The largest absolute Gasteiger partial charge is 2.00 e. The molecule has 4 rings (SSSR count). The second-order valence-electron chi connectivity index (χ2n) is 11.4. The van der Waals surface area contributed by atoms with Gasteiger partial charge in [-0.2, -0.15) is 0 Å². The van der Waals surface area contributed by atoms with Crippen LogP contribution in [0.15, 0.2) is 56.5 Å². The third kappa shape index (κ3) is 11.3. The number of ether oxygens (including phenoxy) is 4. The van der Waals surface area contributed by atoms with Crippen molar-refractivity contribution in [3.8, 4) is 23.0 Å². The number of amides is 1. The second kappa shape index (κ2) is 21.8. The molecule has 0 unspecified atom stereocenters. The Kier molecular flexibility index (Phi) is 21.2. The van der Waals surface area contributed by atoms with Crippen molar-refractivity contribution in [3.05, 3.63) is 75.1 Å². The van der Waals surface area contributed by atoms with E-state index in [-0.39, 0.29) is 89.8 Å². The average Bonchev–Trinajstić information content (AvgIpc) is 3.02. The fraction of sp³-hybridized carbons (Fsp3) is 0.472. The smallest absolute Gasteiger partial charge is 1.00 e. The molecule has 8 nitrogen and oxygen atoms in total. The van der Waals surface area contributed by atoms with E-state index in [1.165, 1.54) is 23.3 Å². The van der Waals surface area contributed by atoms with Crippen molar-refractivity contribution in [1.29, 1.82) is 0 Å². The molecule has 0 radical (unpaired) electrons. The van der Waals surface area contributed by atoms with Gasteiger partial charge in [-0.3, -0.25) is 14.4 Å². The van der Waals surface area contributed by atoms with Crippen LogP contribution in [0, 0.1) is 19.3 Å². The Bertz CT molecular complexity index is 1400. The summed E-state index contributed by atoms with van der Waals surface area (Å²) in [5.74, 6) is 2.74. The summed E-state index contributed by atoms with van der Waals surface area (Å²) in [4.78, 5) is 29.9. The number of allylic oxidation sites excluding steroid dienone is 4. The van der Waals surface area contributed by atoms with Crippen molar-refractivity contribution in [1.82, 2.24) is 5.06 Å². The first-order valence-electron chi connectivity index (χ1n) is 14.9. The molecule has 4 atom stereocenters. The number of hydrogen-bond donors (Lipinski definition) is 0. The molecule has 0 saturated heterocycles. The third-order valence-corrected chi connectivity index (χ3v) is 9.52. The summed E-state index contributed by atoms with van der Waals surface area (Å²) in [6.07, 6.45) is 7.84. The number of nitrogens with zero attached hydrogens (tertiary/aromatic N) is 1. The zero-order chi connectivity index (χ0) is 33.4. The fourth-order valence-corrected chi connectivity index (χ4v) is 7.07. The molecule has 262 valence electrons. The third-order valence-electron chi connectivity index (χ3n) is 8.60. The summed E-state index contributed by atoms with van der Waals surface area (Å²) in [6, 6.07) is 7.65. The van der Waals surface area contributed by atoms with E-state index >= 15 is 0 Å². The molecule has 2 aliphatic carbocycles. The van der Waals surface area contributed by atoms with E-state index in [0.29, 0.717) is 11.5 Å². The van der Waals surface area contributed by atoms with Gasteiger partial charge in [0.2, 0.25) is 5.91 Å². The Balaban J connectivity index is 0.000000873. The van der Waals surface area contributed by atoms with Gasteiger partial charge < -0.3 is 50.4 Å². The minimum Gasteiger partial charge on any atom is -1.00 e. The van der Waals surface area contributed by atoms with Gasteiger partial charge in [0, 0.05) is 44.9 Å². The number of methoxy groups -OCH3 is 4. The van der Waals surface area contributed by atoms with Crippen molar-refractivity contribution in [2.75, 3.05) is 42.6 Å². The summed E-state index contributed by atoms with van der Waals surface area (Å²) in [6.45, 7) is 5.87. The molecule has 48 heavy (non-hydrogen) atoms. The predicted molar refractivity (Wildman–Crippen MR) is 196 cm³/mol. The van der Waals surface area contributed by atoms with Crippen LogP contribution in [-0.2, 0) is 14.4 Å². The molecule has 0 bridgehead atoms. The van der Waals surface area contributed by atoms with E-state index in [9.17, 15) is 9.59 Å². The number of carbonyl (C=O) groups excluding carboxylic acids is 2. The molecule has 2 aliphatic rings. The maximum Gasteiger partial charge on any atom is 2.00 e. The van der Waals surface area contributed by atoms with Gasteiger partial charge in [0.25, 0.3) is 0 Å². The van der Waals surface area contributed by atoms with Crippen molar-refractivity contribution in [3.63, 3.8) is 0 Å². The molecule has 0 aliphatic heterocycles. The topological polar surface area (TPSA) is 83.5 Å². The van der Waals surface area contributed by atoms with Gasteiger partial charge in [-0.25, -0.2) is 5.06 Å². The van der Waals surface area contributed by atoms with E-state index in [1.807, 2.05) is 24.3 Å². The van der Waals surface area contributed by atoms with E-state index in [0.717, 1.165) is 57.3 Å². The number of benzene rings is 2. The number of hydroxylamine groups is 2. The molecule has 2 aromatic carbocycles. The van der Waals surface area contributed by atoms with Gasteiger partial charge in [0.05, 0.1) is 41.5 Å². The van der Waals surface area contributed by atoms with Crippen LogP contribution in [0.3, 0.4) is 0 Å². The molecule has 0 N–H and O–H groups in total. The average molecular weight is 920 g/mol. The Morgan fingerprint density at radius 3 is 1.35 bits per heavy atom. The molecular weight excluding hydrogens is 871 g/mol. The van der Waals surface area contributed by atoms with E-state index in [4.69, 9.17) is 23.8 Å². The molecule has 2 aromatic rings. The van der Waals surface area contributed by atoms with Gasteiger partial charge in [0.1, 0.15) is 28.8 Å². The first-order chi connectivity index (χ1) is 21.4. The van der Waals surface area contributed by atoms with Crippen LogP contribution in [0.2, 0.25) is 0 Å². The Hall–Kier alpha value is -1.32. The van der Waals surface area contributed by atoms with E-state index in [1.54, 1.807) is 42.4 Å². The first-order valence-corrected chi connectivity index (χ1v) is 16.5. The van der Waals surface area contributed by atoms with Crippen LogP contribution >= 0.6 is 31.9 Å². The van der Waals surface area contributed by atoms with Gasteiger partial charge in [-0.15, -0.1) is 0 Å². The maximum absolute atomic E-state index is 12.8. The normalized spacial score (nSPS) is 19.6. The number of carbonyl (C=O) groups is 2. The molecule has 0 spiro atoms. The number of Topliss-reactive ketones (excluding diaryl/α,β-unsaturated/α-hetero) is 1. The monoisotopic (exact) mass is 917 g/mol. The molecular formula is C36H48Br2IMgNO7. The van der Waals surface area contributed by atoms with Crippen LogP contribution in [0.25, 0.3) is 0 Å². The van der Waals surface area contributed by atoms with Crippen molar-refractivity contribution in [2.24, 2.45) is 11.8 Å². The van der Waals surface area contributed by atoms with Crippen LogP contribution in [0.1, 0.15) is 69.4 Å². The van der Waals surface area contributed by atoms with Gasteiger partial charge in [-0.05, 0) is 70.7 Å². The Morgan fingerprint density at radius 2 is 1.04 bits per heavy atom. The molecule has 1 amide bonds. The van der Waals surface area contributed by atoms with Crippen molar-refractivity contribution < 1.29 is 57.4 Å². The summed E-state index contributed by atoms with van der Waals surface area (Å²) in [5, 5.41) is 1.30. The summed E-state index contributed by atoms with van der Waals surface area (Å²) in [7, 11) is 9.68. The second-order valence-corrected chi connectivity index (χ2v) is 13.3. The van der Waals surface area contributed by atoms with Crippen molar-refractivity contribution >= 4 is 66.6 Å². The number of rotatable bonds is 9. The standard InChI is InChI=1S/C18H24BrNO4.C17H21BrO3.CH3.HI.Mg/c1-11-6-7-13(18(21)20(2)24-5)14(8-11)17-15(22-3)9-12(19)10-16(17)23-4;1-10-5-6-13(11(2)19)14(7-10)17-15(20-3)8-12(18)9-16(17)21-4;;;/h8-10,13-14H,6-7H2,1-5H3;7-9,13-14H,5-6H2,1-4H3;1H3;1H;/q;;-1;;+2/p-1/t13-,14-;13-,14+;;;/m10.../s1/i;2+1;1+1;;. The van der Waals surface area contributed by atoms with Crippen LogP contribution in [0.4, 0.5) is 0 Å². The summed E-state index contributed by atoms with van der Waals surface area (Å²) < 4.78 is 24.0. The van der Waals surface area contributed by atoms with Gasteiger partial charge >= 0.3 is 23.1 Å². The predicted octanol–water partition coefficient (Wildman–Crippen LogP) is 5.49. The molecule has 0 heterocycles. The van der Waals surface area contributed by atoms with E-state index < -0.39 is 0 Å². The Morgan fingerprint density at radius 1 is 0.708 bits per heavy atom. The first kappa shape index (κ1) is 46.7. The van der Waals surface area contributed by atoms with Gasteiger partial charge in [0.15, 0.2) is 0 Å². The fourth-order valence-electron chi connectivity index (χ4n) is 6.23. The molecule has 0 fully saturated rings. The SMILES string of the molecule is COc1cc(Br)cc(OC)c1[C@@H]1C=C(C)CC[C@H]1C(=O)N(C)OC.COc1cc(Br)cc(OC)c1[C@@H]1C=C(C)CC[C@H]1C([13CH3])=O.[13CH3-].[I-].[Mg+2]. The van der Waals surface area contributed by atoms with Crippen LogP contribution in [-0.4, -0.2) is 82.4 Å². The Labute approximate surface area is 337 Å². The zero-order valence-electron chi connectivity index (χ0n) is 29.7. The van der Waals surface area contributed by atoms with Crippen LogP contribution < -0.4 is 42.9 Å². The zero-order valence-corrected chi connectivity index (χ0v) is 36.5.